The lowest BCUT2D eigenvalue weighted by Crippen LogP contribution is -2.42. The molecule has 0 bridgehead atoms. The lowest BCUT2D eigenvalue weighted by Gasteiger charge is -2.22. The zero-order valence-corrected chi connectivity index (χ0v) is 13.1. The van der Waals surface area contributed by atoms with Crippen LogP contribution in [0.2, 0.25) is 5.02 Å². The fourth-order valence-corrected chi connectivity index (χ4v) is 1.83. The molecule has 0 saturated heterocycles. The van der Waals surface area contributed by atoms with E-state index in [9.17, 15) is 14.7 Å². The van der Waals surface area contributed by atoms with Gasteiger partial charge in [0.2, 0.25) is 0 Å². The number of halogens is 1. The summed E-state index contributed by atoms with van der Waals surface area (Å²) in [5.41, 5.74) is -0.201. The molecule has 0 aliphatic heterocycles. The maximum atomic E-state index is 12.1. The van der Waals surface area contributed by atoms with E-state index in [4.69, 9.17) is 16.3 Å². The van der Waals surface area contributed by atoms with Crippen molar-refractivity contribution >= 4 is 23.5 Å². The normalized spacial score (nSPS) is 12.6. The number of amides is 1. The first-order chi connectivity index (χ1) is 9.71. The van der Waals surface area contributed by atoms with Crippen molar-refractivity contribution in [3.05, 3.63) is 34.9 Å². The Morgan fingerprint density at radius 3 is 2.57 bits per heavy atom. The quantitative estimate of drug-likeness (QED) is 0.820. The number of benzene rings is 1. The third-order valence-corrected chi connectivity index (χ3v) is 2.75. The molecule has 1 aromatic carbocycles. The van der Waals surface area contributed by atoms with Crippen LogP contribution in [0.5, 0.6) is 0 Å². The first-order valence-corrected chi connectivity index (χ1v) is 6.98. The van der Waals surface area contributed by atoms with Gasteiger partial charge < -0.3 is 15.2 Å². The van der Waals surface area contributed by atoms with Gasteiger partial charge >= 0.3 is 6.09 Å². The summed E-state index contributed by atoms with van der Waals surface area (Å²) in [4.78, 5) is 23.7. The Balaban J connectivity index is 2.62. The van der Waals surface area contributed by atoms with E-state index in [2.05, 4.69) is 5.32 Å². The highest BCUT2D eigenvalue weighted by atomic mass is 35.5. The van der Waals surface area contributed by atoms with Crippen molar-refractivity contribution in [3.8, 4) is 0 Å². The number of carbonyl (C=O) groups excluding carboxylic acids is 2. The molecule has 1 atom stereocenters. The molecule has 0 heterocycles. The van der Waals surface area contributed by atoms with Crippen LogP contribution in [0.15, 0.2) is 24.3 Å². The summed E-state index contributed by atoms with van der Waals surface area (Å²) in [6, 6.07) is 5.82. The average molecular weight is 314 g/mol. The topological polar surface area (TPSA) is 75.6 Å². The average Bonchev–Trinajstić information content (AvgIpc) is 2.35. The molecule has 2 N–H and O–H groups in total. The van der Waals surface area contributed by atoms with Gasteiger partial charge in [-0.2, -0.15) is 0 Å². The van der Waals surface area contributed by atoms with Crippen LogP contribution >= 0.6 is 11.6 Å². The maximum absolute atomic E-state index is 12.1. The SMILES string of the molecule is CC(C)(C)OC(=O)N[C@@H](CO)CC(=O)c1cccc(Cl)c1. The smallest absolute Gasteiger partial charge is 0.407 e. The number of ether oxygens (including phenoxy) is 1. The molecule has 116 valence electrons. The molecule has 1 rings (SSSR count). The van der Waals surface area contributed by atoms with E-state index in [-0.39, 0.29) is 18.8 Å². The fraction of sp³-hybridized carbons (Fsp3) is 0.467. The Labute approximate surface area is 129 Å². The minimum absolute atomic E-state index is 0.0317. The van der Waals surface area contributed by atoms with E-state index in [0.717, 1.165) is 0 Å². The molecule has 1 amide bonds. The molecular weight excluding hydrogens is 294 g/mol. The van der Waals surface area contributed by atoms with E-state index >= 15 is 0 Å². The number of aliphatic hydroxyl groups is 1. The predicted octanol–water partition coefficient (Wildman–Crippen LogP) is 2.80. The molecule has 0 aliphatic rings. The van der Waals surface area contributed by atoms with Gasteiger partial charge in [-0.05, 0) is 32.9 Å². The second-order valence-corrected chi connectivity index (χ2v) is 6.10. The Morgan fingerprint density at radius 2 is 2.05 bits per heavy atom. The van der Waals surface area contributed by atoms with Gasteiger partial charge in [0.25, 0.3) is 0 Å². The number of alkyl carbamates (subject to hydrolysis) is 1. The van der Waals surface area contributed by atoms with Crippen LogP contribution in [0, 0.1) is 0 Å². The van der Waals surface area contributed by atoms with Crippen molar-refractivity contribution in [2.75, 3.05) is 6.61 Å². The number of Topliss-reactive ketones (excluding diaryl/α,β-unsaturated/α-hetero) is 1. The highest BCUT2D eigenvalue weighted by molar-refractivity contribution is 6.31. The zero-order valence-electron chi connectivity index (χ0n) is 12.4. The monoisotopic (exact) mass is 313 g/mol. The van der Waals surface area contributed by atoms with Crippen molar-refractivity contribution in [1.29, 1.82) is 0 Å². The minimum Gasteiger partial charge on any atom is -0.444 e. The first kappa shape index (κ1) is 17.5. The Hall–Kier alpha value is -1.59. The van der Waals surface area contributed by atoms with E-state index in [1.54, 1.807) is 45.0 Å². The van der Waals surface area contributed by atoms with Gasteiger partial charge in [-0.3, -0.25) is 4.79 Å². The number of carbonyl (C=O) groups is 2. The molecule has 0 fully saturated rings. The van der Waals surface area contributed by atoms with Crippen molar-refractivity contribution in [1.82, 2.24) is 5.32 Å². The molecule has 0 aliphatic carbocycles. The second-order valence-electron chi connectivity index (χ2n) is 5.66. The van der Waals surface area contributed by atoms with Gasteiger partial charge in [0.1, 0.15) is 5.60 Å². The van der Waals surface area contributed by atoms with Gasteiger partial charge in [0.05, 0.1) is 12.6 Å². The zero-order chi connectivity index (χ0) is 16.0. The van der Waals surface area contributed by atoms with E-state index in [0.29, 0.717) is 10.6 Å². The molecule has 6 heteroatoms. The number of ketones is 1. The van der Waals surface area contributed by atoms with Gasteiger partial charge in [-0.1, -0.05) is 23.7 Å². The molecule has 0 radical (unpaired) electrons. The second kappa shape index (κ2) is 7.43. The number of rotatable bonds is 5. The third-order valence-electron chi connectivity index (χ3n) is 2.52. The Bertz CT molecular complexity index is 511. The molecule has 0 saturated carbocycles. The van der Waals surface area contributed by atoms with Gasteiger partial charge in [0.15, 0.2) is 5.78 Å². The van der Waals surface area contributed by atoms with Crippen molar-refractivity contribution in [2.24, 2.45) is 0 Å². The van der Waals surface area contributed by atoms with Crippen LogP contribution in [0.4, 0.5) is 4.79 Å². The summed E-state index contributed by atoms with van der Waals surface area (Å²) < 4.78 is 5.08. The third kappa shape index (κ3) is 6.60. The van der Waals surface area contributed by atoms with Gasteiger partial charge in [-0.15, -0.1) is 0 Å². The summed E-state index contributed by atoms with van der Waals surface area (Å²) in [6.45, 7) is 4.85. The van der Waals surface area contributed by atoms with Crippen molar-refractivity contribution in [3.63, 3.8) is 0 Å². The van der Waals surface area contributed by atoms with E-state index < -0.39 is 17.7 Å². The summed E-state index contributed by atoms with van der Waals surface area (Å²) in [5.74, 6) is -0.215. The molecule has 0 unspecified atom stereocenters. The standard InChI is InChI=1S/C15H20ClNO4/c1-15(2,3)21-14(20)17-12(9-18)8-13(19)10-5-4-6-11(16)7-10/h4-7,12,18H,8-9H2,1-3H3,(H,17,20)/t12-/m1/s1. The van der Waals surface area contributed by atoms with Crippen LogP contribution in [0.1, 0.15) is 37.6 Å². The largest absolute Gasteiger partial charge is 0.444 e. The van der Waals surface area contributed by atoms with Crippen LogP contribution < -0.4 is 5.32 Å². The van der Waals surface area contributed by atoms with Crippen molar-refractivity contribution in [2.45, 2.75) is 38.8 Å². The fourth-order valence-electron chi connectivity index (χ4n) is 1.64. The Kier molecular flexibility index (Phi) is 6.18. The minimum atomic E-state index is -0.702. The molecular formula is C15H20ClNO4. The van der Waals surface area contributed by atoms with E-state index in [1.165, 1.54) is 0 Å². The van der Waals surface area contributed by atoms with Gasteiger partial charge in [0, 0.05) is 17.0 Å². The van der Waals surface area contributed by atoms with Crippen LogP contribution in [-0.4, -0.2) is 35.2 Å². The number of hydrogen-bond acceptors (Lipinski definition) is 4. The lowest BCUT2D eigenvalue weighted by atomic mass is 10.0. The summed E-state index contributed by atoms with van der Waals surface area (Å²) in [7, 11) is 0. The maximum Gasteiger partial charge on any atom is 0.407 e. The molecule has 1 aromatic rings. The lowest BCUT2D eigenvalue weighted by molar-refractivity contribution is 0.0479. The number of hydrogen-bond donors (Lipinski definition) is 2. The number of aliphatic hydroxyl groups excluding tert-OH is 1. The molecule has 0 aromatic heterocycles. The molecule has 5 nitrogen and oxygen atoms in total. The molecule has 21 heavy (non-hydrogen) atoms. The first-order valence-electron chi connectivity index (χ1n) is 6.60. The van der Waals surface area contributed by atoms with Crippen LogP contribution in [-0.2, 0) is 4.74 Å². The van der Waals surface area contributed by atoms with Crippen LogP contribution in [0.3, 0.4) is 0 Å². The van der Waals surface area contributed by atoms with E-state index in [1.807, 2.05) is 0 Å². The molecule has 0 spiro atoms. The highest BCUT2D eigenvalue weighted by Crippen LogP contribution is 2.13. The summed E-state index contributed by atoms with van der Waals surface area (Å²) in [5, 5.41) is 12.2. The summed E-state index contributed by atoms with van der Waals surface area (Å²) >= 11 is 5.82. The highest BCUT2D eigenvalue weighted by Gasteiger charge is 2.21. The predicted molar refractivity (Wildman–Crippen MR) is 80.6 cm³/mol. The number of nitrogens with one attached hydrogen (secondary N) is 1. The van der Waals surface area contributed by atoms with Crippen LogP contribution in [0.25, 0.3) is 0 Å². The van der Waals surface area contributed by atoms with Crippen molar-refractivity contribution < 1.29 is 19.4 Å². The summed E-state index contributed by atoms with van der Waals surface area (Å²) in [6.07, 6.45) is -0.698. The Morgan fingerprint density at radius 1 is 1.38 bits per heavy atom. The van der Waals surface area contributed by atoms with Gasteiger partial charge in [-0.25, -0.2) is 4.79 Å².